The second-order valence-electron chi connectivity index (χ2n) is 5.29. The van der Waals surface area contributed by atoms with E-state index in [0.29, 0.717) is 17.1 Å². The molecule has 2 aromatic rings. The van der Waals surface area contributed by atoms with Gasteiger partial charge < -0.3 is 32.6 Å². The summed E-state index contributed by atoms with van der Waals surface area (Å²) in [5.41, 5.74) is 14.8. The Morgan fingerprint density at radius 3 is 2.23 bits per heavy atom. The highest BCUT2D eigenvalue weighted by Gasteiger charge is 2.22. The molecule has 1 heterocycles. The molecule has 0 aliphatic rings. The number of methoxy groups -OCH3 is 1. The lowest BCUT2D eigenvalue weighted by molar-refractivity contribution is -0.131. The van der Waals surface area contributed by atoms with Crippen LogP contribution >= 0.6 is 0 Å². The van der Waals surface area contributed by atoms with Crippen LogP contribution in [0.1, 0.15) is 6.42 Å². The number of benzene rings is 1. The fraction of sp³-hybridized carbons (Fsp3) is 0.412. The average molecular weight is 423 g/mol. The van der Waals surface area contributed by atoms with Gasteiger partial charge in [0.25, 0.3) is 0 Å². The van der Waals surface area contributed by atoms with Crippen molar-refractivity contribution in [3.8, 4) is 17.1 Å². The molecule has 0 fully saturated rings. The lowest BCUT2D eigenvalue weighted by atomic mass is 10.2. The summed E-state index contributed by atoms with van der Waals surface area (Å²) >= 11 is 0. The molecule has 166 valence electrons. The molecular weight excluding hydrogens is 394 g/mol. The third-order valence-electron chi connectivity index (χ3n) is 3.48. The Morgan fingerprint density at radius 1 is 1.13 bits per heavy atom. The lowest BCUT2D eigenvalue weighted by Gasteiger charge is -2.15. The van der Waals surface area contributed by atoms with Crippen molar-refractivity contribution in [3.63, 3.8) is 0 Å². The van der Waals surface area contributed by atoms with Crippen molar-refractivity contribution in [2.45, 2.75) is 19.0 Å². The summed E-state index contributed by atoms with van der Waals surface area (Å²) in [5, 5.41) is 16.1. The zero-order valence-electron chi connectivity index (χ0n) is 17.5. The molecule has 2 rings (SSSR count). The van der Waals surface area contributed by atoms with Crippen molar-refractivity contribution < 1.29 is 19.1 Å². The van der Waals surface area contributed by atoms with Crippen LogP contribution in [0.3, 0.4) is 0 Å². The molecular formula is C17H29N9O4. The van der Waals surface area contributed by atoms with Crippen molar-refractivity contribution in [1.82, 2.24) is 30.8 Å². The molecule has 8 N–H and O–H groups in total. The Balaban J connectivity index is 0.00000198. The smallest absolute Gasteiger partial charge is 0.242 e. The first kappa shape index (κ1) is 26.4. The number of hydrogen-bond acceptors (Lipinski definition) is 9. The Kier molecular flexibility index (Phi) is 12.7. The number of likely N-dealkylation sites (N-methyl/N-ethyl adjacent to an activating group) is 1. The van der Waals surface area contributed by atoms with Gasteiger partial charge in [-0.25, -0.2) is 4.68 Å². The molecule has 13 nitrogen and oxygen atoms in total. The number of primary amides is 1. The summed E-state index contributed by atoms with van der Waals surface area (Å²) in [6.45, 7) is -0.235. The van der Waals surface area contributed by atoms with Gasteiger partial charge in [-0.2, -0.15) is 0 Å². The Morgan fingerprint density at radius 2 is 1.73 bits per heavy atom. The summed E-state index contributed by atoms with van der Waals surface area (Å²) in [6, 6.07) is 5.91. The Labute approximate surface area is 174 Å². The molecule has 1 aromatic carbocycles. The van der Waals surface area contributed by atoms with E-state index in [-0.39, 0.29) is 13.0 Å². The number of nitrogens with one attached hydrogen (secondary N) is 2. The van der Waals surface area contributed by atoms with E-state index in [4.69, 9.17) is 10.5 Å². The topological polar surface area (TPSA) is 206 Å². The number of nitrogens with two attached hydrogens (primary N) is 3. The van der Waals surface area contributed by atoms with E-state index < -0.39 is 23.8 Å². The maximum absolute atomic E-state index is 12.2. The van der Waals surface area contributed by atoms with E-state index in [1.54, 1.807) is 31.4 Å². The molecule has 0 bridgehead atoms. The number of hydrogen-bond donors (Lipinski definition) is 5. The Bertz CT molecular complexity index is 793. The van der Waals surface area contributed by atoms with Gasteiger partial charge in [0.05, 0.1) is 13.5 Å². The monoisotopic (exact) mass is 423 g/mol. The molecule has 0 spiro atoms. The van der Waals surface area contributed by atoms with E-state index in [0.717, 1.165) is 0 Å². The van der Waals surface area contributed by atoms with Crippen molar-refractivity contribution in [3.05, 3.63) is 24.3 Å². The molecule has 1 atom stereocenters. The largest absolute Gasteiger partial charge is 0.497 e. The third-order valence-corrected chi connectivity index (χ3v) is 3.48. The highest BCUT2D eigenvalue weighted by atomic mass is 16.5. The van der Waals surface area contributed by atoms with Gasteiger partial charge in [-0.1, -0.05) is 0 Å². The number of aromatic nitrogens is 4. The van der Waals surface area contributed by atoms with E-state index in [9.17, 15) is 14.4 Å². The number of carbonyl (C=O) groups excluding carboxylic acids is 3. The van der Waals surface area contributed by atoms with Crippen LogP contribution in [0, 0.1) is 0 Å². The van der Waals surface area contributed by atoms with Gasteiger partial charge in [-0.15, -0.1) is 5.10 Å². The summed E-state index contributed by atoms with van der Waals surface area (Å²) in [7, 11) is 5.95. The van der Waals surface area contributed by atoms with Gasteiger partial charge in [0, 0.05) is 12.6 Å². The molecule has 0 radical (unpaired) electrons. The maximum Gasteiger partial charge on any atom is 0.242 e. The molecule has 1 aromatic heterocycles. The van der Waals surface area contributed by atoms with Crippen LogP contribution in [0.5, 0.6) is 5.75 Å². The summed E-state index contributed by atoms with van der Waals surface area (Å²) in [5.74, 6) is -0.731. The van der Waals surface area contributed by atoms with E-state index in [1.807, 2.05) is 0 Å². The van der Waals surface area contributed by atoms with Crippen molar-refractivity contribution in [1.29, 1.82) is 0 Å². The zero-order chi connectivity index (χ0) is 23.1. The van der Waals surface area contributed by atoms with Crippen molar-refractivity contribution in [2.24, 2.45) is 17.2 Å². The lowest BCUT2D eigenvalue weighted by Crippen LogP contribution is -2.48. The van der Waals surface area contributed by atoms with Gasteiger partial charge in [0.15, 0.2) is 5.82 Å². The minimum absolute atomic E-state index is 0.235. The molecule has 3 amide bonds. The van der Waals surface area contributed by atoms with E-state index in [1.165, 1.54) is 25.8 Å². The molecule has 0 aliphatic carbocycles. The number of ether oxygens (including phenoxy) is 1. The van der Waals surface area contributed by atoms with E-state index >= 15 is 0 Å². The van der Waals surface area contributed by atoms with Crippen LogP contribution < -0.4 is 32.6 Å². The second kappa shape index (κ2) is 14.4. The number of nitrogens with zero attached hydrogens (tertiary/aromatic N) is 4. The minimum atomic E-state index is -1.06. The van der Waals surface area contributed by atoms with Crippen LogP contribution in [0.2, 0.25) is 0 Å². The predicted molar refractivity (Wildman–Crippen MR) is 110 cm³/mol. The maximum atomic E-state index is 12.2. The number of amides is 3. The predicted octanol–water partition coefficient (Wildman–Crippen LogP) is -2.40. The fourth-order valence-corrected chi connectivity index (χ4v) is 2.22. The van der Waals surface area contributed by atoms with Gasteiger partial charge in [-0.3, -0.25) is 14.4 Å². The first-order valence-electron chi connectivity index (χ1n) is 8.80. The quantitative estimate of drug-likeness (QED) is 0.306. The second-order valence-corrected chi connectivity index (χ2v) is 5.29. The first-order chi connectivity index (χ1) is 14.4. The van der Waals surface area contributed by atoms with Crippen molar-refractivity contribution >= 4 is 17.7 Å². The molecule has 0 saturated heterocycles. The van der Waals surface area contributed by atoms with Gasteiger partial charge in [0.1, 0.15) is 18.3 Å². The normalized spacial score (nSPS) is 10.3. The van der Waals surface area contributed by atoms with Crippen LogP contribution in [0.4, 0.5) is 0 Å². The highest BCUT2D eigenvalue weighted by molar-refractivity contribution is 5.91. The molecule has 0 unspecified atom stereocenters. The molecule has 0 aliphatic heterocycles. The first-order valence-corrected chi connectivity index (χ1v) is 8.80. The summed E-state index contributed by atoms with van der Waals surface area (Å²) in [4.78, 5) is 35.0. The minimum Gasteiger partial charge on any atom is -0.497 e. The van der Waals surface area contributed by atoms with Gasteiger partial charge in [0.2, 0.25) is 17.7 Å². The van der Waals surface area contributed by atoms with Crippen LogP contribution in [-0.4, -0.2) is 72.2 Å². The molecule has 0 saturated carbocycles. The fourth-order valence-electron chi connectivity index (χ4n) is 2.22. The Hall–Kier alpha value is -3.58. The van der Waals surface area contributed by atoms with Gasteiger partial charge >= 0.3 is 0 Å². The summed E-state index contributed by atoms with van der Waals surface area (Å²) < 4.78 is 6.37. The van der Waals surface area contributed by atoms with Gasteiger partial charge in [-0.05, 0) is 48.8 Å². The average Bonchev–Trinajstić information content (AvgIpc) is 3.23. The number of rotatable bonds is 8. The standard InChI is InChI=1S/C15H19N7O4.2CH5N/c1-17-15(25)11(7-12(16)23)18-13(24)8-22-14(19-20-21-22)9-3-5-10(26-2)6-4-9;2*1-2/h3-6,11H,7-8H2,1-2H3,(H2,16,23)(H,17,25)(H,18,24);2*2H2,1H3/t11-;;/m0../s1. The van der Waals surface area contributed by atoms with Crippen LogP contribution in [0.25, 0.3) is 11.4 Å². The molecule has 13 heteroatoms. The zero-order valence-corrected chi connectivity index (χ0v) is 17.5. The summed E-state index contributed by atoms with van der Waals surface area (Å²) in [6.07, 6.45) is -0.313. The molecule has 30 heavy (non-hydrogen) atoms. The number of carbonyl (C=O) groups is 3. The van der Waals surface area contributed by atoms with Crippen LogP contribution in [0.15, 0.2) is 24.3 Å². The van der Waals surface area contributed by atoms with Crippen molar-refractivity contribution in [2.75, 3.05) is 28.3 Å². The SMILES string of the molecule is CN.CN.CNC(=O)[C@H](CC(N)=O)NC(=O)Cn1nnnc1-c1ccc(OC)cc1. The number of tetrazole rings is 1. The van der Waals surface area contributed by atoms with Crippen LogP contribution in [-0.2, 0) is 20.9 Å². The third kappa shape index (κ3) is 8.20. The van der Waals surface area contributed by atoms with E-state index in [2.05, 4.69) is 37.6 Å². The highest BCUT2D eigenvalue weighted by Crippen LogP contribution is 2.19.